The number of aliphatic hydroxyl groups excluding tert-OH is 1. The summed E-state index contributed by atoms with van der Waals surface area (Å²) in [5.74, 6) is 0.456. The molecule has 0 rings (SSSR count). The van der Waals surface area contributed by atoms with Crippen LogP contribution in [0.15, 0.2) is 0 Å². The Morgan fingerprint density at radius 2 is 1.71 bits per heavy atom. The lowest BCUT2D eigenvalue weighted by Crippen LogP contribution is -2.40. The highest BCUT2D eigenvalue weighted by Gasteiger charge is 2.21. The van der Waals surface area contributed by atoms with Gasteiger partial charge in [-0.3, -0.25) is 0 Å². The average molecular weight is 223 g/mol. The molecule has 4 nitrogen and oxygen atoms in total. The van der Waals surface area contributed by atoms with Crippen molar-refractivity contribution in [2.75, 3.05) is 6.61 Å². The van der Waals surface area contributed by atoms with Crippen molar-refractivity contribution in [3.63, 3.8) is 0 Å². The molecule has 0 amide bonds. The van der Waals surface area contributed by atoms with E-state index in [-0.39, 0.29) is 12.6 Å². The van der Waals surface area contributed by atoms with E-state index in [1.165, 1.54) is 6.92 Å². The number of hydrogen-bond acceptors (Lipinski definition) is 3. The van der Waals surface area contributed by atoms with E-state index in [1.807, 2.05) is 20.8 Å². The van der Waals surface area contributed by atoms with E-state index in [1.54, 1.807) is 0 Å². The molecule has 0 radical (unpaired) electrons. The Balaban J connectivity index is 4.23. The van der Waals surface area contributed by atoms with Crippen molar-refractivity contribution >= 4 is 10.0 Å². The van der Waals surface area contributed by atoms with Crippen LogP contribution in [0.25, 0.3) is 0 Å². The summed E-state index contributed by atoms with van der Waals surface area (Å²) in [5, 5.41) is 8.01. The third-order valence-corrected chi connectivity index (χ3v) is 3.92. The number of nitrogens with one attached hydrogen (secondary N) is 1. The zero-order chi connectivity index (χ0) is 11.4. The summed E-state index contributed by atoms with van der Waals surface area (Å²) in [6.07, 6.45) is 0.803. The molecular formula is C9H21NO3S. The predicted octanol–water partition coefficient (Wildman–Crippen LogP) is 0.721. The molecular weight excluding hydrogens is 202 g/mol. The number of hydrogen-bond donors (Lipinski definition) is 2. The zero-order valence-electron chi connectivity index (χ0n) is 9.32. The number of aliphatic hydroxyl groups is 1. The summed E-state index contributed by atoms with van der Waals surface area (Å²) in [6.45, 7) is 7.07. The molecule has 0 aliphatic rings. The van der Waals surface area contributed by atoms with Crippen LogP contribution in [-0.4, -0.2) is 31.4 Å². The van der Waals surface area contributed by atoms with Gasteiger partial charge in [0.2, 0.25) is 10.0 Å². The van der Waals surface area contributed by atoms with Gasteiger partial charge in [0.15, 0.2) is 0 Å². The minimum atomic E-state index is -3.36. The van der Waals surface area contributed by atoms with Crippen molar-refractivity contribution in [3.05, 3.63) is 0 Å². The Bertz CT molecular complexity index is 249. The van der Waals surface area contributed by atoms with E-state index >= 15 is 0 Å². The van der Waals surface area contributed by atoms with Crippen LogP contribution in [-0.2, 0) is 10.0 Å². The largest absolute Gasteiger partial charge is 0.395 e. The van der Waals surface area contributed by atoms with E-state index in [2.05, 4.69) is 4.72 Å². The second-order valence-corrected chi connectivity index (χ2v) is 6.32. The number of sulfonamides is 1. The summed E-state index contributed by atoms with van der Waals surface area (Å²) >= 11 is 0. The third-order valence-electron chi connectivity index (χ3n) is 1.98. The molecule has 2 atom stereocenters. The Morgan fingerprint density at radius 1 is 1.21 bits per heavy atom. The maximum Gasteiger partial charge on any atom is 0.216 e. The van der Waals surface area contributed by atoms with Crippen LogP contribution in [0.5, 0.6) is 0 Å². The van der Waals surface area contributed by atoms with Crippen LogP contribution in [0.4, 0.5) is 0 Å². The van der Waals surface area contributed by atoms with Gasteiger partial charge in [-0.1, -0.05) is 13.8 Å². The first-order valence-corrected chi connectivity index (χ1v) is 6.46. The van der Waals surface area contributed by atoms with Crippen LogP contribution < -0.4 is 4.72 Å². The lowest BCUT2D eigenvalue weighted by molar-refractivity contribution is 0.294. The minimum absolute atomic E-state index is 0.0750. The fraction of sp³-hybridized carbons (Fsp3) is 1.00. The molecule has 86 valence electrons. The maximum atomic E-state index is 11.5. The summed E-state index contributed by atoms with van der Waals surface area (Å²) in [7, 11) is -3.36. The molecule has 0 saturated heterocycles. The average Bonchev–Trinajstić information content (AvgIpc) is 1.99. The molecule has 0 spiro atoms. The molecule has 2 unspecified atom stereocenters. The van der Waals surface area contributed by atoms with Crippen LogP contribution in [0.2, 0.25) is 0 Å². The van der Waals surface area contributed by atoms with Gasteiger partial charge >= 0.3 is 0 Å². The van der Waals surface area contributed by atoms with Crippen LogP contribution in [0.1, 0.15) is 34.1 Å². The van der Waals surface area contributed by atoms with Gasteiger partial charge < -0.3 is 5.11 Å². The van der Waals surface area contributed by atoms with E-state index in [9.17, 15) is 8.42 Å². The standard InChI is InChI=1S/C9H21NO3S/c1-7(2)5-8(3)10-14(12,13)9(4)6-11/h7-11H,5-6H2,1-4H3. The lowest BCUT2D eigenvalue weighted by atomic mass is 10.1. The van der Waals surface area contributed by atoms with Gasteiger partial charge in [0, 0.05) is 6.04 Å². The fourth-order valence-electron chi connectivity index (χ4n) is 1.25. The summed E-state index contributed by atoms with van der Waals surface area (Å²) in [5.41, 5.74) is 0. The lowest BCUT2D eigenvalue weighted by Gasteiger charge is -2.18. The molecule has 0 fully saturated rings. The molecule has 0 aliphatic carbocycles. The molecule has 0 aromatic rings. The van der Waals surface area contributed by atoms with Crippen molar-refractivity contribution in [2.45, 2.75) is 45.4 Å². The third kappa shape index (κ3) is 4.93. The van der Waals surface area contributed by atoms with Crippen molar-refractivity contribution in [1.82, 2.24) is 4.72 Å². The van der Waals surface area contributed by atoms with Gasteiger partial charge in [0.25, 0.3) is 0 Å². The van der Waals surface area contributed by atoms with Gasteiger partial charge in [-0.2, -0.15) is 0 Å². The van der Waals surface area contributed by atoms with Gasteiger partial charge in [0.1, 0.15) is 0 Å². The van der Waals surface area contributed by atoms with Crippen LogP contribution in [0.3, 0.4) is 0 Å². The van der Waals surface area contributed by atoms with Crippen molar-refractivity contribution in [1.29, 1.82) is 0 Å². The molecule has 0 heterocycles. The highest BCUT2D eigenvalue weighted by Crippen LogP contribution is 2.07. The molecule has 0 saturated carbocycles. The molecule has 0 aromatic carbocycles. The first-order valence-electron chi connectivity index (χ1n) is 4.91. The Hall–Kier alpha value is -0.130. The highest BCUT2D eigenvalue weighted by molar-refractivity contribution is 7.90. The molecule has 0 bridgehead atoms. The second kappa shape index (κ2) is 5.68. The summed E-state index contributed by atoms with van der Waals surface area (Å²) in [4.78, 5) is 0. The monoisotopic (exact) mass is 223 g/mol. The van der Waals surface area contributed by atoms with E-state index in [4.69, 9.17) is 5.11 Å². The topological polar surface area (TPSA) is 66.4 Å². The molecule has 0 aliphatic heterocycles. The summed E-state index contributed by atoms with van der Waals surface area (Å²) < 4.78 is 25.5. The normalized spacial score (nSPS) is 17.0. The van der Waals surface area contributed by atoms with Crippen molar-refractivity contribution in [3.8, 4) is 0 Å². The van der Waals surface area contributed by atoms with Crippen molar-refractivity contribution < 1.29 is 13.5 Å². The highest BCUT2D eigenvalue weighted by atomic mass is 32.2. The van der Waals surface area contributed by atoms with Gasteiger partial charge in [-0.05, 0) is 26.2 Å². The van der Waals surface area contributed by atoms with Gasteiger partial charge in [0.05, 0.1) is 11.9 Å². The smallest absolute Gasteiger partial charge is 0.216 e. The zero-order valence-corrected chi connectivity index (χ0v) is 10.1. The minimum Gasteiger partial charge on any atom is -0.395 e. The van der Waals surface area contributed by atoms with Crippen molar-refractivity contribution in [2.24, 2.45) is 5.92 Å². The van der Waals surface area contributed by atoms with E-state index in [0.29, 0.717) is 5.92 Å². The van der Waals surface area contributed by atoms with Crippen LogP contribution >= 0.6 is 0 Å². The predicted molar refractivity (Wildman–Crippen MR) is 57.5 cm³/mol. The molecule has 2 N–H and O–H groups in total. The second-order valence-electron chi connectivity index (χ2n) is 4.19. The van der Waals surface area contributed by atoms with Gasteiger partial charge in [-0.15, -0.1) is 0 Å². The Labute approximate surface area is 86.8 Å². The summed E-state index contributed by atoms with van der Waals surface area (Å²) in [6, 6.07) is -0.0750. The number of rotatable bonds is 6. The molecule has 14 heavy (non-hydrogen) atoms. The maximum absolute atomic E-state index is 11.5. The first-order chi connectivity index (χ1) is 6.29. The SMILES string of the molecule is CC(C)CC(C)NS(=O)(=O)C(C)CO. The van der Waals surface area contributed by atoms with E-state index < -0.39 is 15.3 Å². The van der Waals surface area contributed by atoms with E-state index in [0.717, 1.165) is 6.42 Å². The Kier molecular flexibility index (Phi) is 5.63. The quantitative estimate of drug-likeness (QED) is 0.697. The van der Waals surface area contributed by atoms with Gasteiger partial charge in [-0.25, -0.2) is 13.1 Å². The molecule has 0 aromatic heterocycles. The first kappa shape index (κ1) is 13.9. The molecule has 5 heteroatoms. The Morgan fingerprint density at radius 3 is 2.07 bits per heavy atom. The fourth-order valence-corrected chi connectivity index (χ4v) is 2.34. The van der Waals surface area contributed by atoms with Crippen LogP contribution in [0, 0.1) is 5.92 Å².